The van der Waals surface area contributed by atoms with E-state index in [-0.39, 0.29) is 15.8 Å². The molecule has 1 aliphatic rings. The van der Waals surface area contributed by atoms with Crippen LogP contribution in [-0.4, -0.2) is 55.4 Å². The largest absolute Gasteiger partial charge is 0.351 e. The van der Waals surface area contributed by atoms with E-state index in [1.807, 2.05) is 30.0 Å². The first kappa shape index (κ1) is 20.7. The van der Waals surface area contributed by atoms with E-state index in [0.29, 0.717) is 49.5 Å². The number of benzene rings is 2. The van der Waals surface area contributed by atoms with Gasteiger partial charge in [-0.3, -0.25) is 4.79 Å². The Labute approximate surface area is 183 Å². The molecule has 0 N–H and O–H groups in total. The van der Waals surface area contributed by atoms with Gasteiger partial charge in [0.2, 0.25) is 20.8 Å². The number of nitrogens with zero attached hydrogens (tertiary/aromatic N) is 4. The van der Waals surface area contributed by atoms with Crippen molar-refractivity contribution in [2.45, 2.75) is 23.3 Å². The minimum absolute atomic E-state index is 0.0567. The van der Waals surface area contributed by atoms with Gasteiger partial charge in [0.1, 0.15) is 0 Å². The van der Waals surface area contributed by atoms with E-state index in [1.54, 1.807) is 35.2 Å². The fourth-order valence-electron chi connectivity index (χ4n) is 3.48. The third-order valence-electron chi connectivity index (χ3n) is 5.13. The number of para-hydroxylation sites is 2. The van der Waals surface area contributed by atoms with Crippen LogP contribution in [0.4, 0.5) is 5.82 Å². The molecule has 0 aliphatic carbocycles. The molecule has 3 aromatic rings. The fourth-order valence-corrected chi connectivity index (χ4v) is 5.09. The van der Waals surface area contributed by atoms with Crippen molar-refractivity contribution in [3.05, 3.63) is 53.0 Å². The Bertz CT molecular complexity index is 1190. The summed E-state index contributed by atoms with van der Waals surface area (Å²) in [4.78, 5) is 25.0. The molecule has 1 amide bonds. The number of rotatable bonds is 4. The van der Waals surface area contributed by atoms with Crippen LogP contribution in [0.3, 0.4) is 0 Å². The van der Waals surface area contributed by atoms with Gasteiger partial charge < -0.3 is 9.80 Å². The topological polar surface area (TPSA) is 83.5 Å². The number of carbonyl (C=O) groups excluding carboxylic acids is 1. The highest BCUT2D eigenvalue weighted by molar-refractivity contribution is 9.10. The molecule has 0 spiro atoms. The van der Waals surface area contributed by atoms with Crippen molar-refractivity contribution in [3.63, 3.8) is 0 Å². The summed E-state index contributed by atoms with van der Waals surface area (Å²) in [7, 11) is -3.88. The molecule has 9 heteroatoms. The molecular weight excluding hydrogens is 468 g/mol. The van der Waals surface area contributed by atoms with Gasteiger partial charge in [-0.15, -0.1) is 0 Å². The Hall–Kier alpha value is -2.52. The summed E-state index contributed by atoms with van der Waals surface area (Å²) >= 11 is 3.34. The maximum absolute atomic E-state index is 13.5. The molecule has 1 aromatic heterocycles. The van der Waals surface area contributed by atoms with Crippen LogP contribution in [0.1, 0.15) is 13.3 Å². The SMILES string of the molecule is CCC(=O)N1CCN(c2nc3ccccc3nc2S(=O)(=O)c2ccc(Br)cc2)CC1. The number of hydrogen-bond donors (Lipinski definition) is 0. The number of halogens is 1. The van der Waals surface area contributed by atoms with Crippen LogP contribution in [0.2, 0.25) is 0 Å². The molecular formula is C21H21BrN4O3S. The second-order valence-corrected chi connectivity index (χ2v) is 9.80. The lowest BCUT2D eigenvalue weighted by Gasteiger charge is -2.35. The molecule has 1 saturated heterocycles. The zero-order valence-corrected chi connectivity index (χ0v) is 18.9. The normalized spacial score (nSPS) is 14.9. The van der Waals surface area contributed by atoms with Crippen LogP contribution < -0.4 is 4.90 Å². The van der Waals surface area contributed by atoms with Gasteiger partial charge in [0, 0.05) is 37.1 Å². The minimum Gasteiger partial charge on any atom is -0.351 e. The zero-order valence-electron chi connectivity index (χ0n) is 16.5. The molecule has 7 nitrogen and oxygen atoms in total. The lowest BCUT2D eigenvalue weighted by Crippen LogP contribution is -2.49. The van der Waals surface area contributed by atoms with Gasteiger partial charge in [0.25, 0.3) is 0 Å². The van der Waals surface area contributed by atoms with Crippen molar-refractivity contribution < 1.29 is 13.2 Å². The number of sulfone groups is 1. The molecule has 0 saturated carbocycles. The molecule has 156 valence electrons. The Morgan fingerprint density at radius 3 is 2.17 bits per heavy atom. The standard InChI is InChI=1S/C21H21BrN4O3S/c1-2-19(27)25-11-13-26(14-12-25)20-21(24-18-6-4-3-5-17(18)23-20)30(28,29)16-9-7-15(22)8-10-16/h3-10H,2,11-14H2,1H3. The fraction of sp³-hybridized carbons (Fsp3) is 0.286. The number of fused-ring (bicyclic) bond motifs is 1. The summed E-state index contributed by atoms with van der Waals surface area (Å²) in [5.74, 6) is 0.433. The predicted octanol–water partition coefficient (Wildman–Crippen LogP) is 3.28. The Kier molecular flexibility index (Phi) is 5.75. The lowest BCUT2D eigenvalue weighted by molar-refractivity contribution is -0.131. The third kappa shape index (κ3) is 3.91. The van der Waals surface area contributed by atoms with Crippen molar-refractivity contribution in [2.24, 2.45) is 0 Å². The average Bonchev–Trinajstić information content (AvgIpc) is 2.78. The van der Waals surface area contributed by atoms with Gasteiger partial charge in [-0.1, -0.05) is 35.0 Å². The number of piperazine rings is 1. The zero-order chi connectivity index (χ0) is 21.3. The first-order chi connectivity index (χ1) is 14.4. The molecule has 0 bridgehead atoms. The molecule has 0 radical (unpaired) electrons. The smallest absolute Gasteiger partial charge is 0.227 e. The monoisotopic (exact) mass is 488 g/mol. The van der Waals surface area contributed by atoms with Gasteiger partial charge >= 0.3 is 0 Å². The Balaban J connectivity index is 1.79. The van der Waals surface area contributed by atoms with Gasteiger partial charge in [-0.25, -0.2) is 18.4 Å². The van der Waals surface area contributed by atoms with Crippen molar-refractivity contribution in [3.8, 4) is 0 Å². The minimum atomic E-state index is -3.88. The third-order valence-corrected chi connectivity index (χ3v) is 7.34. The van der Waals surface area contributed by atoms with E-state index in [1.165, 1.54) is 0 Å². The number of anilines is 1. The molecule has 4 rings (SSSR count). The van der Waals surface area contributed by atoms with E-state index in [0.717, 1.165) is 4.47 Å². The summed E-state index contributed by atoms with van der Waals surface area (Å²) < 4.78 is 27.7. The molecule has 2 aromatic carbocycles. The maximum Gasteiger partial charge on any atom is 0.227 e. The average molecular weight is 489 g/mol. The van der Waals surface area contributed by atoms with Crippen molar-refractivity contribution in [1.82, 2.24) is 14.9 Å². The van der Waals surface area contributed by atoms with E-state index in [2.05, 4.69) is 25.9 Å². The highest BCUT2D eigenvalue weighted by atomic mass is 79.9. The summed E-state index contributed by atoms with van der Waals surface area (Å²) in [6.07, 6.45) is 0.457. The van der Waals surface area contributed by atoms with E-state index in [4.69, 9.17) is 0 Å². The van der Waals surface area contributed by atoms with Gasteiger partial charge in [0.05, 0.1) is 15.9 Å². The molecule has 1 fully saturated rings. The molecule has 1 aliphatic heterocycles. The number of amides is 1. The van der Waals surface area contributed by atoms with Gasteiger partial charge in [0.15, 0.2) is 5.82 Å². The van der Waals surface area contributed by atoms with E-state index < -0.39 is 9.84 Å². The van der Waals surface area contributed by atoms with Crippen molar-refractivity contribution in [2.75, 3.05) is 31.1 Å². The number of carbonyl (C=O) groups is 1. The quantitative estimate of drug-likeness (QED) is 0.560. The van der Waals surface area contributed by atoms with Crippen LogP contribution in [0.5, 0.6) is 0 Å². The first-order valence-electron chi connectivity index (χ1n) is 9.70. The number of aromatic nitrogens is 2. The van der Waals surface area contributed by atoms with E-state index in [9.17, 15) is 13.2 Å². The maximum atomic E-state index is 13.5. The Morgan fingerprint density at radius 1 is 0.967 bits per heavy atom. The van der Waals surface area contributed by atoms with Crippen LogP contribution >= 0.6 is 15.9 Å². The summed E-state index contributed by atoms with van der Waals surface area (Å²) in [6, 6.07) is 13.7. The highest BCUT2D eigenvalue weighted by Crippen LogP contribution is 2.30. The highest BCUT2D eigenvalue weighted by Gasteiger charge is 2.30. The summed E-state index contributed by atoms with van der Waals surface area (Å²) in [6.45, 7) is 3.90. The molecule has 2 heterocycles. The van der Waals surface area contributed by atoms with Crippen LogP contribution in [0.15, 0.2) is 62.9 Å². The summed E-state index contributed by atoms with van der Waals surface area (Å²) in [5.41, 5.74) is 1.16. The van der Waals surface area contributed by atoms with Crippen LogP contribution in [0.25, 0.3) is 11.0 Å². The van der Waals surface area contributed by atoms with Crippen molar-refractivity contribution in [1.29, 1.82) is 0 Å². The van der Waals surface area contributed by atoms with Crippen molar-refractivity contribution >= 4 is 48.5 Å². The predicted molar refractivity (Wildman–Crippen MR) is 118 cm³/mol. The Morgan fingerprint density at radius 2 is 1.57 bits per heavy atom. The molecule has 30 heavy (non-hydrogen) atoms. The second-order valence-electron chi connectivity index (χ2n) is 7.02. The molecule has 0 unspecified atom stereocenters. The number of hydrogen-bond acceptors (Lipinski definition) is 6. The lowest BCUT2D eigenvalue weighted by atomic mass is 10.2. The molecule has 0 atom stereocenters. The summed E-state index contributed by atoms with van der Waals surface area (Å²) in [5, 5.41) is -0.0567. The van der Waals surface area contributed by atoms with E-state index >= 15 is 0 Å². The van der Waals surface area contributed by atoms with Gasteiger partial charge in [-0.05, 0) is 36.4 Å². The second kappa shape index (κ2) is 8.31. The van der Waals surface area contributed by atoms with Gasteiger partial charge in [-0.2, -0.15) is 0 Å². The first-order valence-corrected chi connectivity index (χ1v) is 12.0. The van der Waals surface area contributed by atoms with Crippen LogP contribution in [-0.2, 0) is 14.6 Å². The van der Waals surface area contributed by atoms with Crippen LogP contribution in [0, 0.1) is 0 Å².